The topological polar surface area (TPSA) is 29.9 Å². The van der Waals surface area contributed by atoms with Crippen LogP contribution in [-0.2, 0) is 4.74 Å². The van der Waals surface area contributed by atoms with Crippen molar-refractivity contribution in [3.8, 4) is 0 Å². The van der Waals surface area contributed by atoms with E-state index in [2.05, 4.69) is 16.5 Å². The van der Waals surface area contributed by atoms with Crippen molar-refractivity contribution in [3.63, 3.8) is 0 Å². The zero-order valence-corrected chi connectivity index (χ0v) is 11.7. The second-order valence-corrected chi connectivity index (χ2v) is 5.64. The summed E-state index contributed by atoms with van der Waals surface area (Å²) in [7, 11) is 0. The first-order valence-electron chi connectivity index (χ1n) is 6.15. The van der Waals surface area contributed by atoms with Gasteiger partial charge < -0.3 is 14.3 Å². The Kier molecular flexibility index (Phi) is 3.18. The lowest BCUT2D eigenvalue weighted by Crippen LogP contribution is -2.28. The van der Waals surface area contributed by atoms with Crippen LogP contribution in [0.5, 0.6) is 0 Å². The number of imidazole rings is 1. The molecular weight excluding hydrogens is 268 g/mol. The number of benzene rings is 1. The molecule has 1 aromatic heterocycles. The number of ether oxygens (including phenoxy) is 1. The summed E-state index contributed by atoms with van der Waals surface area (Å²) < 4.78 is 8.42. The Balaban J connectivity index is 2.21. The summed E-state index contributed by atoms with van der Waals surface area (Å²) >= 11 is 11.8. The molecule has 0 spiro atoms. The van der Waals surface area contributed by atoms with Crippen molar-refractivity contribution in [3.05, 3.63) is 28.0 Å². The van der Waals surface area contributed by atoms with Crippen LogP contribution in [0.1, 0.15) is 19.4 Å². The minimum absolute atomic E-state index is 0.361. The highest BCUT2D eigenvalue weighted by Gasteiger charge is 2.26. The molecule has 2 heterocycles. The molecule has 1 saturated heterocycles. The van der Waals surface area contributed by atoms with Crippen molar-refractivity contribution in [2.75, 3.05) is 13.2 Å². The lowest BCUT2D eigenvalue weighted by molar-refractivity contribution is 0.0294. The van der Waals surface area contributed by atoms with Crippen LogP contribution in [-0.4, -0.2) is 22.8 Å². The van der Waals surface area contributed by atoms with Crippen LogP contribution >= 0.6 is 23.8 Å². The summed E-state index contributed by atoms with van der Waals surface area (Å²) in [6, 6.07) is 6.22. The van der Waals surface area contributed by atoms with Gasteiger partial charge in [-0.2, -0.15) is 0 Å². The fraction of sp³-hybridized carbons (Fsp3) is 0.462. The van der Waals surface area contributed by atoms with Crippen LogP contribution in [0.2, 0.25) is 5.02 Å². The first-order chi connectivity index (χ1) is 8.68. The van der Waals surface area contributed by atoms with Gasteiger partial charge in [-0.3, -0.25) is 0 Å². The Labute approximate surface area is 116 Å². The third-order valence-corrected chi connectivity index (χ3v) is 4.22. The highest BCUT2D eigenvalue weighted by molar-refractivity contribution is 7.71. The van der Waals surface area contributed by atoms with E-state index in [1.54, 1.807) is 0 Å². The summed E-state index contributed by atoms with van der Waals surface area (Å²) in [5, 5.41) is 0.749. The van der Waals surface area contributed by atoms with Gasteiger partial charge in [0.2, 0.25) is 0 Å². The Bertz CT molecular complexity index is 633. The van der Waals surface area contributed by atoms with Gasteiger partial charge in [-0.1, -0.05) is 24.6 Å². The normalized spacial score (nSPS) is 24.6. The van der Waals surface area contributed by atoms with Gasteiger partial charge in [-0.25, -0.2) is 0 Å². The quantitative estimate of drug-likeness (QED) is 0.803. The largest absolute Gasteiger partial charge is 0.381 e. The number of nitrogens with one attached hydrogen (secondary N) is 1. The van der Waals surface area contributed by atoms with E-state index in [0.717, 1.165) is 40.5 Å². The lowest BCUT2D eigenvalue weighted by atomic mass is 9.97. The number of aromatic nitrogens is 2. The molecule has 3 nitrogen and oxygen atoms in total. The van der Waals surface area contributed by atoms with E-state index in [1.165, 1.54) is 0 Å². The monoisotopic (exact) mass is 282 g/mol. The van der Waals surface area contributed by atoms with E-state index < -0.39 is 0 Å². The van der Waals surface area contributed by atoms with E-state index in [9.17, 15) is 0 Å². The molecule has 2 aromatic rings. The zero-order valence-electron chi connectivity index (χ0n) is 10.1. The maximum Gasteiger partial charge on any atom is 0.178 e. The van der Waals surface area contributed by atoms with E-state index in [4.69, 9.17) is 28.6 Å². The molecular formula is C13H15ClN2OS. The third kappa shape index (κ3) is 1.88. The minimum Gasteiger partial charge on any atom is -0.381 e. The van der Waals surface area contributed by atoms with Gasteiger partial charge in [0, 0.05) is 18.6 Å². The second-order valence-electron chi connectivity index (χ2n) is 4.84. The number of hydrogen-bond donors (Lipinski definition) is 1. The molecule has 3 rings (SSSR count). The van der Waals surface area contributed by atoms with Crippen LogP contribution in [0.25, 0.3) is 11.0 Å². The molecule has 0 amide bonds. The third-order valence-electron chi connectivity index (χ3n) is 3.62. The van der Waals surface area contributed by atoms with Crippen LogP contribution in [0.3, 0.4) is 0 Å². The number of hydrogen-bond acceptors (Lipinski definition) is 2. The number of rotatable bonds is 1. The van der Waals surface area contributed by atoms with E-state index >= 15 is 0 Å². The van der Waals surface area contributed by atoms with Crippen molar-refractivity contribution >= 4 is 34.9 Å². The SMILES string of the molecule is C[C@@H]1COCC[C@H]1n1c(=S)[nH]c2cccc(Cl)c21. The smallest absolute Gasteiger partial charge is 0.178 e. The average Bonchev–Trinajstić information content (AvgIpc) is 2.68. The van der Waals surface area contributed by atoms with E-state index in [-0.39, 0.29) is 0 Å². The molecule has 0 bridgehead atoms. The molecule has 1 N–H and O–H groups in total. The standard InChI is InChI=1S/C13H15ClN2OS/c1-8-7-17-6-5-11(8)16-12-9(14)3-2-4-10(12)15-13(16)18/h2-4,8,11H,5-7H2,1H3,(H,15,18)/t8-,11-/m1/s1. The van der Waals surface area contributed by atoms with Gasteiger partial charge in [-0.05, 0) is 30.8 Å². The number of para-hydroxylation sites is 1. The van der Waals surface area contributed by atoms with Crippen LogP contribution in [0.4, 0.5) is 0 Å². The van der Waals surface area contributed by atoms with Crippen molar-refractivity contribution < 1.29 is 4.74 Å². The Morgan fingerprint density at radius 3 is 3.11 bits per heavy atom. The fourth-order valence-electron chi connectivity index (χ4n) is 2.71. The Hall–Kier alpha value is -0.840. The molecule has 18 heavy (non-hydrogen) atoms. The summed E-state index contributed by atoms with van der Waals surface area (Å²) in [5.74, 6) is 0.445. The van der Waals surface area contributed by atoms with Crippen LogP contribution < -0.4 is 0 Å². The molecule has 0 unspecified atom stereocenters. The Morgan fingerprint density at radius 1 is 1.50 bits per heavy atom. The molecule has 0 saturated carbocycles. The predicted octanol–water partition coefficient (Wildman–Crippen LogP) is 3.95. The van der Waals surface area contributed by atoms with E-state index in [0.29, 0.717) is 12.0 Å². The maximum absolute atomic E-state index is 6.32. The lowest BCUT2D eigenvalue weighted by Gasteiger charge is -2.30. The van der Waals surface area contributed by atoms with Gasteiger partial charge in [0.05, 0.1) is 22.7 Å². The van der Waals surface area contributed by atoms with Crippen LogP contribution in [0.15, 0.2) is 18.2 Å². The summed E-state index contributed by atoms with van der Waals surface area (Å²) in [4.78, 5) is 3.24. The summed E-state index contributed by atoms with van der Waals surface area (Å²) in [6.07, 6.45) is 0.980. The second kappa shape index (κ2) is 4.68. The molecule has 96 valence electrons. The maximum atomic E-state index is 6.32. The van der Waals surface area contributed by atoms with Gasteiger partial charge in [0.15, 0.2) is 4.77 Å². The van der Waals surface area contributed by atoms with Gasteiger partial charge >= 0.3 is 0 Å². The number of nitrogens with zero attached hydrogens (tertiary/aromatic N) is 1. The highest BCUT2D eigenvalue weighted by atomic mass is 35.5. The number of fused-ring (bicyclic) bond motifs is 1. The van der Waals surface area contributed by atoms with Gasteiger partial charge in [0.25, 0.3) is 0 Å². The highest BCUT2D eigenvalue weighted by Crippen LogP contribution is 2.33. The molecule has 0 aliphatic carbocycles. The number of halogens is 1. The van der Waals surface area contributed by atoms with Crippen LogP contribution in [0, 0.1) is 10.7 Å². The first-order valence-corrected chi connectivity index (χ1v) is 6.93. The minimum atomic E-state index is 0.361. The van der Waals surface area contributed by atoms with Crippen molar-refractivity contribution in [1.82, 2.24) is 9.55 Å². The van der Waals surface area contributed by atoms with Crippen molar-refractivity contribution in [2.45, 2.75) is 19.4 Å². The van der Waals surface area contributed by atoms with Crippen molar-refractivity contribution in [1.29, 1.82) is 0 Å². The van der Waals surface area contributed by atoms with Gasteiger partial charge in [-0.15, -0.1) is 0 Å². The molecule has 1 fully saturated rings. The summed E-state index contributed by atoms with van der Waals surface area (Å²) in [5.41, 5.74) is 2.02. The average molecular weight is 283 g/mol. The van der Waals surface area contributed by atoms with E-state index in [1.807, 2.05) is 18.2 Å². The first kappa shape index (κ1) is 12.2. The zero-order chi connectivity index (χ0) is 12.7. The molecule has 1 aromatic carbocycles. The molecule has 1 aliphatic rings. The molecule has 2 atom stereocenters. The van der Waals surface area contributed by atoms with Crippen molar-refractivity contribution in [2.24, 2.45) is 5.92 Å². The molecule has 0 radical (unpaired) electrons. The molecule has 5 heteroatoms. The fourth-order valence-corrected chi connectivity index (χ4v) is 3.31. The summed E-state index contributed by atoms with van der Waals surface area (Å²) in [6.45, 7) is 3.76. The number of aromatic amines is 1. The number of H-pyrrole nitrogens is 1. The molecule has 1 aliphatic heterocycles. The predicted molar refractivity (Wildman–Crippen MR) is 75.8 cm³/mol. The van der Waals surface area contributed by atoms with Gasteiger partial charge in [0.1, 0.15) is 0 Å². The Morgan fingerprint density at radius 2 is 2.33 bits per heavy atom.